The Morgan fingerprint density at radius 1 is 1.40 bits per heavy atom. The third-order valence-corrected chi connectivity index (χ3v) is 3.74. The van der Waals surface area contributed by atoms with Gasteiger partial charge in [-0.25, -0.2) is 4.98 Å². The summed E-state index contributed by atoms with van der Waals surface area (Å²) in [7, 11) is 0. The largest absolute Gasteiger partial charge is 0.372 e. The fourth-order valence-electron chi connectivity index (χ4n) is 2.24. The molecule has 1 aromatic heterocycles. The summed E-state index contributed by atoms with van der Waals surface area (Å²) >= 11 is 12.5. The molecule has 0 unspecified atom stereocenters. The lowest BCUT2D eigenvalue weighted by atomic mass is 10.1. The van der Waals surface area contributed by atoms with Gasteiger partial charge in [-0.2, -0.15) is 0 Å². The molecule has 0 spiro atoms. The SMILES string of the molecule is CCCNc1nc(N2CCOC(C)(C)C2)c(Cl)cc1Cl. The van der Waals surface area contributed by atoms with Crippen LogP contribution in [0.3, 0.4) is 0 Å². The summed E-state index contributed by atoms with van der Waals surface area (Å²) in [5.41, 5.74) is -0.195. The first kappa shape index (κ1) is 15.7. The van der Waals surface area contributed by atoms with Gasteiger partial charge in [0.1, 0.15) is 11.6 Å². The van der Waals surface area contributed by atoms with Crippen molar-refractivity contribution in [2.24, 2.45) is 0 Å². The Morgan fingerprint density at radius 3 is 2.80 bits per heavy atom. The van der Waals surface area contributed by atoms with E-state index < -0.39 is 0 Å². The molecule has 0 saturated carbocycles. The molecule has 4 nitrogen and oxygen atoms in total. The molecule has 1 aliphatic rings. The number of hydrogen-bond donors (Lipinski definition) is 1. The van der Waals surface area contributed by atoms with Crippen LogP contribution in [0.5, 0.6) is 0 Å². The van der Waals surface area contributed by atoms with Crippen molar-refractivity contribution in [3.8, 4) is 0 Å². The van der Waals surface area contributed by atoms with Crippen LogP contribution in [0.1, 0.15) is 27.2 Å². The average Bonchev–Trinajstić information content (AvgIpc) is 2.36. The number of pyridine rings is 1. The highest BCUT2D eigenvalue weighted by Gasteiger charge is 2.29. The van der Waals surface area contributed by atoms with Crippen molar-refractivity contribution in [3.05, 3.63) is 16.1 Å². The van der Waals surface area contributed by atoms with E-state index >= 15 is 0 Å². The van der Waals surface area contributed by atoms with Crippen LogP contribution in [-0.2, 0) is 4.74 Å². The number of nitrogens with one attached hydrogen (secondary N) is 1. The summed E-state index contributed by atoms with van der Waals surface area (Å²) in [6, 6.07) is 1.76. The Balaban J connectivity index is 2.26. The monoisotopic (exact) mass is 317 g/mol. The van der Waals surface area contributed by atoms with Gasteiger partial charge in [0.25, 0.3) is 0 Å². The number of morpholine rings is 1. The van der Waals surface area contributed by atoms with Gasteiger partial charge in [0.15, 0.2) is 0 Å². The number of ether oxygens (including phenoxy) is 1. The van der Waals surface area contributed by atoms with Gasteiger partial charge in [-0.05, 0) is 26.3 Å². The minimum atomic E-state index is -0.195. The smallest absolute Gasteiger partial charge is 0.150 e. The number of hydrogen-bond acceptors (Lipinski definition) is 4. The summed E-state index contributed by atoms with van der Waals surface area (Å²) in [5, 5.41) is 4.36. The lowest BCUT2D eigenvalue weighted by molar-refractivity contribution is -0.0278. The first-order chi connectivity index (χ1) is 9.43. The molecule has 0 atom stereocenters. The van der Waals surface area contributed by atoms with E-state index in [9.17, 15) is 0 Å². The van der Waals surface area contributed by atoms with E-state index in [1.807, 2.05) is 0 Å². The highest BCUT2D eigenvalue weighted by Crippen LogP contribution is 2.33. The van der Waals surface area contributed by atoms with Crippen LogP contribution in [0.25, 0.3) is 0 Å². The van der Waals surface area contributed by atoms with Crippen molar-refractivity contribution in [1.82, 2.24) is 4.98 Å². The van der Waals surface area contributed by atoms with Crippen molar-refractivity contribution >= 4 is 34.8 Å². The summed E-state index contributed by atoms with van der Waals surface area (Å²) in [6.45, 7) is 9.29. The molecule has 20 heavy (non-hydrogen) atoms. The van der Waals surface area contributed by atoms with E-state index in [4.69, 9.17) is 27.9 Å². The zero-order chi connectivity index (χ0) is 14.8. The molecule has 0 bridgehead atoms. The molecular formula is C14H21Cl2N3O. The van der Waals surface area contributed by atoms with E-state index in [2.05, 4.69) is 36.0 Å². The molecule has 0 radical (unpaired) electrons. The molecule has 1 N–H and O–H groups in total. The fraction of sp³-hybridized carbons (Fsp3) is 0.643. The van der Waals surface area contributed by atoms with E-state index in [1.54, 1.807) is 6.07 Å². The molecule has 2 rings (SSSR count). The summed E-state index contributed by atoms with van der Waals surface area (Å²) < 4.78 is 5.72. The number of anilines is 2. The van der Waals surface area contributed by atoms with E-state index in [0.717, 1.165) is 31.9 Å². The van der Waals surface area contributed by atoms with Crippen LogP contribution in [0.15, 0.2) is 6.07 Å². The maximum absolute atomic E-state index is 6.30. The normalized spacial score (nSPS) is 18.1. The quantitative estimate of drug-likeness (QED) is 0.915. The molecule has 1 saturated heterocycles. The van der Waals surface area contributed by atoms with Gasteiger partial charge < -0.3 is 15.0 Å². The second-order valence-electron chi connectivity index (χ2n) is 5.58. The maximum atomic E-state index is 6.30. The van der Waals surface area contributed by atoms with Gasteiger partial charge in [-0.15, -0.1) is 0 Å². The predicted octanol–water partition coefficient (Wildman–Crippen LogP) is 3.83. The second-order valence-corrected chi connectivity index (χ2v) is 6.40. The van der Waals surface area contributed by atoms with Crippen molar-refractivity contribution in [2.45, 2.75) is 32.8 Å². The minimum Gasteiger partial charge on any atom is -0.372 e. The lowest BCUT2D eigenvalue weighted by Crippen LogP contribution is -2.48. The maximum Gasteiger partial charge on any atom is 0.150 e. The standard InChI is InChI=1S/C14H21Cl2N3O/c1-4-5-17-12-10(15)8-11(16)13(18-12)19-6-7-20-14(2,3)9-19/h8H,4-7,9H2,1-3H3,(H,17,18). The van der Waals surface area contributed by atoms with E-state index in [-0.39, 0.29) is 5.60 Å². The molecule has 112 valence electrons. The van der Waals surface area contributed by atoms with Crippen molar-refractivity contribution in [3.63, 3.8) is 0 Å². The average molecular weight is 318 g/mol. The fourth-order valence-corrected chi connectivity index (χ4v) is 2.79. The van der Waals surface area contributed by atoms with Crippen molar-refractivity contribution in [1.29, 1.82) is 0 Å². The molecule has 1 aliphatic heterocycles. The highest BCUT2D eigenvalue weighted by atomic mass is 35.5. The second kappa shape index (κ2) is 6.37. The molecule has 1 aromatic rings. The zero-order valence-corrected chi connectivity index (χ0v) is 13.7. The Kier molecular flexibility index (Phi) is 4.99. The molecule has 0 amide bonds. The van der Waals surface area contributed by atoms with E-state index in [0.29, 0.717) is 22.5 Å². The van der Waals surface area contributed by atoms with Gasteiger partial charge >= 0.3 is 0 Å². The lowest BCUT2D eigenvalue weighted by Gasteiger charge is -2.39. The van der Waals surface area contributed by atoms with Gasteiger partial charge in [0, 0.05) is 19.6 Å². The number of halogens is 2. The Hall–Kier alpha value is -0.710. The van der Waals surface area contributed by atoms with Crippen LogP contribution in [0.4, 0.5) is 11.6 Å². The van der Waals surface area contributed by atoms with Crippen molar-refractivity contribution < 1.29 is 4.74 Å². The highest BCUT2D eigenvalue weighted by molar-refractivity contribution is 6.37. The van der Waals surface area contributed by atoms with E-state index in [1.165, 1.54) is 0 Å². The molecule has 2 heterocycles. The number of nitrogens with zero attached hydrogens (tertiary/aromatic N) is 2. The topological polar surface area (TPSA) is 37.4 Å². The third kappa shape index (κ3) is 3.68. The number of rotatable bonds is 4. The Morgan fingerprint density at radius 2 is 2.15 bits per heavy atom. The molecule has 1 fully saturated rings. The summed E-state index contributed by atoms with van der Waals surface area (Å²) in [4.78, 5) is 6.75. The van der Waals surface area contributed by atoms with Gasteiger partial charge in [-0.1, -0.05) is 30.1 Å². The first-order valence-electron chi connectivity index (χ1n) is 6.92. The first-order valence-corrected chi connectivity index (χ1v) is 7.67. The van der Waals surface area contributed by atoms with Crippen LogP contribution >= 0.6 is 23.2 Å². The van der Waals surface area contributed by atoms with Crippen LogP contribution in [0.2, 0.25) is 10.0 Å². The molecule has 6 heteroatoms. The van der Waals surface area contributed by atoms with Crippen LogP contribution < -0.4 is 10.2 Å². The van der Waals surface area contributed by atoms with Crippen LogP contribution in [0, 0.1) is 0 Å². The van der Waals surface area contributed by atoms with Gasteiger partial charge in [-0.3, -0.25) is 0 Å². The number of aromatic nitrogens is 1. The molecule has 0 aliphatic carbocycles. The van der Waals surface area contributed by atoms with Gasteiger partial charge in [0.2, 0.25) is 0 Å². The predicted molar refractivity (Wildman–Crippen MR) is 85.3 cm³/mol. The summed E-state index contributed by atoms with van der Waals surface area (Å²) in [6.07, 6.45) is 1.01. The minimum absolute atomic E-state index is 0.195. The summed E-state index contributed by atoms with van der Waals surface area (Å²) in [5.74, 6) is 1.46. The molecular weight excluding hydrogens is 297 g/mol. The Labute approximate surface area is 130 Å². The zero-order valence-electron chi connectivity index (χ0n) is 12.2. The van der Waals surface area contributed by atoms with Crippen LogP contribution in [-0.4, -0.2) is 36.8 Å². The Bertz CT molecular complexity index is 480. The molecule has 0 aromatic carbocycles. The third-order valence-electron chi connectivity index (χ3n) is 3.18. The van der Waals surface area contributed by atoms with Crippen molar-refractivity contribution in [2.75, 3.05) is 36.5 Å². The van der Waals surface area contributed by atoms with Gasteiger partial charge in [0.05, 0.1) is 22.3 Å².